The van der Waals surface area contributed by atoms with Crippen LogP contribution in [-0.2, 0) is 0 Å². The average molecular weight is 379 g/mol. The van der Waals surface area contributed by atoms with E-state index in [0.29, 0.717) is 35.2 Å². The van der Waals surface area contributed by atoms with Crippen molar-refractivity contribution in [1.29, 1.82) is 0 Å². The average Bonchev–Trinajstić information content (AvgIpc) is 3.12. The second kappa shape index (κ2) is 8.82. The number of nitrogens with zero attached hydrogens (tertiary/aromatic N) is 1. The number of hydrogen-bond donors (Lipinski definition) is 2. The van der Waals surface area contributed by atoms with E-state index in [1.54, 1.807) is 25.3 Å². The van der Waals surface area contributed by atoms with E-state index in [1.807, 2.05) is 25.1 Å². The summed E-state index contributed by atoms with van der Waals surface area (Å²) in [6.07, 6.45) is 0.798. The number of ether oxygens (including phenoxy) is 3. The molecule has 1 heterocycles. The predicted octanol–water partition coefficient (Wildman–Crippen LogP) is 3.62. The lowest BCUT2D eigenvalue weighted by atomic mass is 10.2. The van der Waals surface area contributed by atoms with E-state index in [0.717, 1.165) is 17.3 Å². The van der Waals surface area contributed by atoms with Crippen molar-refractivity contribution in [1.82, 2.24) is 10.2 Å². The highest BCUT2D eigenvalue weighted by Gasteiger charge is 2.14. The van der Waals surface area contributed by atoms with Crippen molar-refractivity contribution < 1.29 is 19.0 Å². The van der Waals surface area contributed by atoms with Gasteiger partial charge in [0.05, 0.1) is 19.7 Å². The molecule has 2 aromatic carbocycles. The first-order chi connectivity index (χ1) is 13.7. The highest BCUT2D eigenvalue weighted by atomic mass is 16.5. The minimum absolute atomic E-state index is 0.301. The Morgan fingerprint density at radius 1 is 1.11 bits per heavy atom. The van der Waals surface area contributed by atoms with E-state index in [2.05, 4.69) is 27.4 Å². The number of carbonyl (C=O) groups is 1. The van der Waals surface area contributed by atoms with Gasteiger partial charge in [0.25, 0.3) is 5.91 Å². The molecule has 1 amide bonds. The lowest BCUT2D eigenvalue weighted by molar-refractivity contribution is 0.102. The molecule has 0 aliphatic rings. The summed E-state index contributed by atoms with van der Waals surface area (Å²) in [5.74, 6) is 7.73. The fraction of sp³-hybridized carbons (Fsp3) is 0.238. The van der Waals surface area contributed by atoms with Crippen molar-refractivity contribution in [3.63, 3.8) is 0 Å². The lowest BCUT2D eigenvalue weighted by Crippen LogP contribution is -2.12. The molecule has 3 aromatic rings. The van der Waals surface area contributed by atoms with Gasteiger partial charge in [0.1, 0.15) is 12.4 Å². The smallest absolute Gasteiger partial charge is 0.257 e. The van der Waals surface area contributed by atoms with Crippen molar-refractivity contribution in [3.8, 4) is 29.1 Å². The Kier molecular flexibility index (Phi) is 6.02. The van der Waals surface area contributed by atoms with Crippen molar-refractivity contribution in [2.24, 2.45) is 0 Å². The van der Waals surface area contributed by atoms with Gasteiger partial charge in [0.15, 0.2) is 17.3 Å². The van der Waals surface area contributed by atoms with Gasteiger partial charge in [0.2, 0.25) is 0 Å². The summed E-state index contributed by atoms with van der Waals surface area (Å²) in [6.45, 7) is 2.32. The molecule has 0 atom stereocenters. The van der Waals surface area contributed by atoms with Crippen molar-refractivity contribution in [2.75, 3.05) is 26.1 Å². The number of rotatable bonds is 6. The minimum atomic E-state index is -0.301. The maximum absolute atomic E-state index is 12.6. The van der Waals surface area contributed by atoms with Crippen LogP contribution in [0.3, 0.4) is 0 Å². The zero-order chi connectivity index (χ0) is 19.9. The standard InChI is InChI=1S/C21H21N3O4/c1-4-5-6-11-28-15-8-9-16-17(13-15)23-24-20(16)22-21(25)14-7-10-18(26-2)19(12-14)27-3/h7-10,12-13H,4,11H2,1-3H3,(H2,22,23,24,25). The van der Waals surface area contributed by atoms with E-state index in [-0.39, 0.29) is 5.91 Å². The van der Waals surface area contributed by atoms with E-state index in [9.17, 15) is 4.79 Å². The first-order valence-corrected chi connectivity index (χ1v) is 8.76. The summed E-state index contributed by atoms with van der Waals surface area (Å²) in [5, 5.41) is 10.7. The number of benzene rings is 2. The highest BCUT2D eigenvalue weighted by Crippen LogP contribution is 2.29. The lowest BCUT2D eigenvalue weighted by Gasteiger charge is -2.09. The number of aromatic amines is 1. The quantitative estimate of drug-likeness (QED) is 0.639. The molecule has 0 saturated heterocycles. The van der Waals surface area contributed by atoms with Gasteiger partial charge >= 0.3 is 0 Å². The molecular formula is C21H21N3O4. The van der Waals surface area contributed by atoms with Crippen LogP contribution in [0.25, 0.3) is 10.9 Å². The van der Waals surface area contributed by atoms with Gasteiger partial charge in [-0.05, 0) is 30.3 Å². The molecule has 7 heteroatoms. The molecular weight excluding hydrogens is 358 g/mol. The third-order valence-electron chi connectivity index (χ3n) is 4.02. The van der Waals surface area contributed by atoms with Crippen LogP contribution >= 0.6 is 0 Å². The first kappa shape index (κ1) is 19.1. The molecule has 1 aromatic heterocycles. The van der Waals surface area contributed by atoms with Gasteiger partial charge in [-0.1, -0.05) is 12.8 Å². The van der Waals surface area contributed by atoms with Gasteiger partial charge in [0, 0.05) is 23.4 Å². The SMILES string of the molecule is CCC#CCOc1ccc2c(NC(=O)c3ccc(OC)c(OC)c3)n[nH]c2c1. The summed E-state index contributed by atoms with van der Waals surface area (Å²) in [5.41, 5.74) is 1.19. The van der Waals surface area contributed by atoms with Crippen LogP contribution in [0, 0.1) is 11.8 Å². The fourth-order valence-electron chi connectivity index (χ4n) is 2.64. The number of carbonyl (C=O) groups excluding carboxylic acids is 1. The van der Waals surface area contributed by atoms with Crippen LogP contribution in [0.15, 0.2) is 36.4 Å². The molecule has 0 bridgehead atoms. The van der Waals surface area contributed by atoms with Crippen LogP contribution in [0.2, 0.25) is 0 Å². The van der Waals surface area contributed by atoms with Crippen LogP contribution in [0.4, 0.5) is 5.82 Å². The summed E-state index contributed by atoms with van der Waals surface area (Å²) in [4.78, 5) is 12.6. The van der Waals surface area contributed by atoms with Crippen molar-refractivity contribution >= 4 is 22.6 Å². The predicted molar refractivity (Wildman–Crippen MR) is 107 cm³/mol. The van der Waals surface area contributed by atoms with E-state index >= 15 is 0 Å². The Bertz CT molecular complexity index is 1050. The zero-order valence-electron chi connectivity index (χ0n) is 16.0. The number of amides is 1. The summed E-state index contributed by atoms with van der Waals surface area (Å²) in [7, 11) is 3.07. The number of aromatic nitrogens is 2. The van der Waals surface area contributed by atoms with Crippen LogP contribution in [-0.4, -0.2) is 36.9 Å². The normalized spacial score (nSPS) is 10.1. The minimum Gasteiger partial charge on any atom is -0.493 e. The second-order valence-corrected chi connectivity index (χ2v) is 5.80. The fourth-order valence-corrected chi connectivity index (χ4v) is 2.64. The molecule has 28 heavy (non-hydrogen) atoms. The molecule has 0 radical (unpaired) electrons. The van der Waals surface area contributed by atoms with Gasteiger partial charge < -0.3 is 19.5 Å². The number of H-pyrrole nitrogens is 1. The van der Waals surface area contributed by atoms with Crippen LogP contribution < -0.4 is 19.5 Å². The first-order valence-electron chi connectivity index (χ1n) is 8.76. The molecule has 0 aliphatic heterocycles. The number of nitrogens with one attached hydrogen (secondary N) is 2. The monoisotopic (exact) mass is 379 g/mol. The molecule has 7 nitrogen and oxygen atoms in total. The molecule has 0 aliphatic carbocycles. The Hall–Kier alpha value is -3.66. The summed E-state index contributed by atoms with van der Waals surface area (Å²) < 4.78 is 16.0. The van der Waals surface area contributed by atoms with E-state index in [4.69, 9.17) is 14.2 Å². The highest BCUT2D eigenvalue weighted by molar-refractivity contribution is 6.08. The number of fused-ring (bicyclic) bond motifs is 1. The molecule has 2 N–H and O–H groups in total. The van der Waals surface area contributed by atoms with E-state index < -0.39 is 0 Å². The summed E-state index contributed by atoms with van der Waals surface area (Å²) in [6, 6.07) is 10.4. The Labute approximate surface area is 163 Å². The van der Waals surface area contributed by atoms with Gasteiger partial charge in [-0.3, -0.25) is 9.89 Å². The number of hydrogen-bond acceptors (Lipinski definition) is 5. The van der Waals surface area contributed by atoms with Crippen LogP contribution in [0.5, 0.6) is 17.2 Å². The molecule has 3 rings (SSSR count). The maximum atomic E-state index is 12.6. The third-order valence-corrected chi connectivity index (χ3v) is 4.02. The van der Waals surface area contributed by atoms with Gasteiger partial charge in [-0.15, -0.1) is 5.92 Å². The Morgan fingerprint density at radius 3 is 2.68 bits per heavy atom. The largest absolute Gasteiger partial charge is 0.493 e. The van der Waals surface area contributed by atoms with E-state index in [1.165, 1.54) is 7.11 Å². The van der Waals surface area contributed by atoms with Gasteiger partial charge in [-0.2, -0.15) is 5.10 Å². The van der Waals surface area contributed by atoms with Crippen LogP contribution in [0.1, 0.15) is 23.7 Å². The van der Waals surface area contributed by atoms with Gasteiger partial charge in [-0.25, -0.2) is 0 Å². The maximum Gasteiger partial charge on any atom is 0.257 e. The molecule has 0 spiro atoms. The van der Waals surface area contributed by atoms with Crippen molar-refractivity contribution in [3.05, 3.63) is 42.0 Å². The number of anilines is 1. The topological polar surface area (TPSA) is 85.5 Å². The Balaban J connectivity index is 1.76. The third kappa shape index (κ3) is 4.18. The number of methoxy groups -OCH3 is 2. The molecule has 0 unspecified atom stereocenters. The molecule has 0 saturated carbocycles. The summed E-state index contributed by atoms with van der Waals surface area (Å²) >= 11 is 0. The van der Waals surface area contributed by atoms with Crippen molar-refractivity contribution in [2.45, 2.75) is 13.3 Å². The zero-order valence-corrected chi connectivity index (χ0v) is 16.0. The second-order valence-electron chi connectivity index (χ2n) is 5.80. The Morgan fingerprint density at radius 2 is 1.93 bits per heavy atom. The molecule has 144 valence electrons. The molecule has 0 fully saturated rings.